The van der Waals surface area contributed by atoms with E-state index >= 15 is 0 Å². The van der Waals surface area contributed by atoms with Gasteiger partial charge in [0.25, 0.3) is 0 Å². The summed E-state index contributed by atoms with van der Waals surface area (Å²) in [4.78, 5) is 0. The van der Waals surface area contributed by atoms with E-state index in [9.17, 15) is 0 Å². The molecule has 0 saturated heterocycles. The van der Waals surface area contributed by atoms with Gasteiger partial charge < -0.3 is 10.4 Å². The Morgan fingerprint density at radius 2 is 1.19 bits per heavy atom. The van der Waals surface area contributed by atoms with E-state index in [0.717, 1.165) is 6.42 Å². The Morgan fingerprint density at radius 3 is 1.67 bits per heavy atom. The Bertz CT molecular complexity index is 204. The van der Waals surface area contributed by atoms with Crippen LogP contribution in [-0.4, -0.2) is 18.3 Å². The third-order valence-electron chi connectivity index (χ3n) is 3.97. The largest absolute Gasteiger partial charge is 0.395 e. The van der Waals surface area contributed by atoms with Crippen LogP contribution in [0.25, 0.3) is 0 Å². The van der Waals surface area contributed by atoms with Crippen molar-refractivity contribution in [3.05, 3.63) is 12.3 Å². The van der Waals surface area contributed by atoms with Gasteiger partial charge in [-0.2, -0.15) is 0 Å². The molecule has 0 aromatic carbocycles. The van der Waals surface area contributed by atoms with Crippen LogP contribution in [-0.2, 0) is 0 Å². The molecule has 0 aliphatic carbocycles. The Kier molecular flexibility index (Phi) is 19.0. The van der Waals surface area contributed by atoms with Crippen LogP contribution in [0.4, 0.5) is 0 Å². The van der Waals surface area contributed by atoms with Crippen LogP contribution in [0.1, 0.15) is 96.8 Å². The molecule has 0 heterocycles. The predicted molar refractivity (Wildman–Crippen MR) is 94.5 cm³/mol. The molecule has 0 aliphatic heterocycles. The van der Waals surface area contributed by atoms with Gasteiger partial charge in [-0.15, -0.1) is 0 Å². The van der Waals surface area contributed by atoms with Gasteiger partial charge in [0.15, 0.2) is 0 Å². The van der Waals surface area contributed by atoms with Gasteiger partial charge in [-0.05, 0) is 19.0 Å². The molecule has 0 bridgehead atoms. The van der Waals surface area contributed by atoms with Crippen LogP contribution in [0.2, 0.25) is 0 Å². The van der Waals surface area contributed by atoms with Gasteiger partial charge in [0, 0.05) is 6.54 Å². The lowest BCUT2D eigenvalue weighted by atomic mass is 10.0. The number of hydrogen-bond acceptors (Lipinski definition) is 2. The minimum Gasteiger partial charge on any atom is -0.395 e. The molecule has 0 aliphatic rings. The first-order valence-electron chi connectivity index (χ1n) is 9.41. The van der Waals surface area contributed by atoms with E-state index in [1.54, 1.807) is 0 Å². The smallest absolute Gasteiger partial charge is 0.0603 e. The summed E-state index contributed by atoms with van der Waals surface area (Å²) in [5, 5.41) is 11.6. The third kappa shape index (κ3) is 19.5. The van der Waals surface area contributed by atoms with Crippen LogP contribution in [0, 0.1) is 0 Å². The van der Waals surface area contributed by atoms with Crippen molar-refractivity contribution in [3.63, 3.8) is 0 Å². The fourth-order valence-electron chi connectivity index (χ4n) is 2.59. The van der Waals surface area contributed by atoms with Crippen LogP contribution in [0.3, 0.4) is 0 Å². The molecular weight excluding hydrogens is 258 g/mol. The minimum atomic E-state index is 0.211. The molecule has 0 aromatic rings. The first-order valence-corrected chi connectivity index (χ1v) is 9.41. The van der Waals surface area contributed by atoms with E-state index in [1.807, 2.05) is 6.20 Å². The molecule has 0 radical (unpaired) electrons. The highest BCUT2D eigenvalue weighted by molar-refractivity contribution is 4.78. The summed E-state index contributed by atoms with van der Waals surface area (Å²) >= 11 is 0. The molecule has 0 saturated carbocycles. The van der Waals surface area contributed by atoms with E-state index in [4.69, 9.17) is 5.11 Å². The van der Waals surface area contributed by atoms with Gasteiger partial charge in [-0.3, -0.25) is 0 Å². The number of rotatable bonds is 17. The molecule has 0 aromatic heterocycles. The second-order valence-corrected chi connectivity index (χ2v) is 6.11. The van der Waals surface area contributed by atoms with Crippen molar-refractivity contribution in [2.24, 2.45) is 0 Å². The maximum Gasteiger partial charge on any atom is 0.0603 e. The van der Waals surface area contributed by atoms with E-state index in [-0.39, 0.29) is 6.61 Å². The molecular formula is C19H39NO. The molecule has 2 N–H and O–H groups in total. The maximum atomic E-state index is 8.60. The van der Waals surface area contributed by atoms with Gasteiger partial charge in [0.2, 0.25) is 0 Å². The zero-order valence-corrected chi connectivity index (χ0v) is 14.4. The van der Waals surface area contributed by atoms with Crippen molar-refractivity contribution in [2.45, 2.75) is 96.8 Å². The van der Waals surface area contributed by atoms with E-state index in [1.165, 1.54) is 83.5 Å². The first-order chi connectivity index (χ1) is 10.4. The van der Waals surface area contributed by atoms with Crippen molar-refractivity contribution in [1.29, 1.82) is 0 Å². The van der Waals surface area contributed by atoms with Gasteiger partial charge in [-0.1, -0.05) is 90.0 Å². The maximum absolute atomic E-state index is 8.60. The molecule has 21 heavy (non-hydrogen) atoms. The number of aliphatic hydroxyl groups is 1. The highest BCUT2D eigenvalue weighted by Crippen LogP contribution is 2.12. The van der Waals surface area contributed by atoms with E-state index in [0.29, 0.717) is 6.54 Å². The second kappa shape index (κ2) is 19.5. The van der Waals surface area contributed by atoms with E-state index < -0.39 is 0 Å². The normalized spacial score (nSPS) is 11.3. The van der Waals surface area contributed by atoms with Gasteiger partial charge in [-0.25, -0.2) is 0 Å². The van der Waals surface area contributed by atoms with Crippen molar-refractivity contribution < 1.29 is 5.11 Å². The lowest BCUT2D eigenvalue weighted by molar-refractivity contribution is 0.298. The van der Waals surface area contributed by atoms with Crippen LogP contribution in [0.15, 0.2) is 12.3 Å². The summed E-state index contributed by atoms with van der Waals surface area (Å²) in [6.45, 7) is 3.16. The fourth-order valence-corrected chi connectivity index (χ4v) is 2.59. The summed E-state index contributed by atoms with van der Waals surface area (Å²) in [5.41, 5.74) is 0. The quantitative estimate of drug-likeness (QED) is 0.344. The molecule has 0 rings (SSSR count). The SMILES string of the molecule is CCCCCCCCCCCCCCCC=CNCCO. The zero-order chi connectivity index (χ0) is 15.4. The van der Waals surface area contributed by atoms with Gasteiger partial charge in [0.05, 0.1) is 6.61 Å². The molecule has 0 spiro atoms. The molecule has 0 atom stereocenters. The Hall–Kier alpha value is -0.500. The van der Waals surface area contributed by atoms with Crippen molar-refractivity contribution in [2.75, 3.05) is 13.2 Å². The highest BCUT2D eigenvalue weighted by atomic mass is 16.3. The number of nitrogens with one attached hydrogen (secondary N) is 1. The summed E-state index contributed by atoms with van der Waals surface area (Å²) in [6.07, 6.45) is 23.7. The third-order valence-corrected chi connectivity index (χ3v) is 3.97. The van der Waals surface area contributed by atoms with E-state index in [2.05, 4.69) is 18.3 Å². The summed E-state index contributed by atoms with van der Waals surface area (Å²) < 4.78 is 0. The molecule has 126 valence electrons. The Balaban J connectivity index is 2.98. The number of hydrogen-bond donors (Lipinski definition) is 2. The number of allylic oxidation sites excluding steroid dienone is 1. The zero-order valence-electron chi connectivity index (χ0n) is 14.4. The van der Waals surface area contributed by atoms with Crippen LogP contribution in [0.5, 0.6) is 0 Å². The molecule has 2 heteroatoms. The van der Waals surface area contributed by atoms with Crippen LogP contribution >= 0.6 is 0 Å². The van der Waals surface area contributed by atoms with Crippen LogP contribution < -0.4 is 5.32 Å². The lowest BCUT2D eigenvalue weighted by Crippen LogP contribution is -2.10. The highest BCUT2D eigenvalue weighted by Gasteiger charge is 1.93. The molecule has 0 unspecified atom stereocenters. The molecule has 0 amide bonds. The molecule has 2 nitrogen and oxygen atoms in total. The Morgan fingerprint density at radius 1 is 0.714 bits per heavy atom. The van der Waals surface area contributed by atoms with Crippen molar-refractivity contribution in [3.8, 4) is 0 Å². The standard InChI is InChI=1S/C19H39NO/c1-2-3-4-5-6-7-8-9-10-11-12-13-14-15-16-17-20-18-19-21/h16-17,20-21H,2-15,18-19H2,1H3. The predicted octanol–water partition coefficient (Wildman–Crippen LogP) is 5.56. The lowest BCUT2D eigenvalue weighted by Gasteiger charge is -2.02. The summed E-state index contributed by atoms with van der Waals surface area (Å²) in [6, 6.07) is 0. The second-order valence-electron chi connectivity index (χ2n) is 6.11. The van der Waals surface area contributed by atoms with Gasteiger partial charge >= 0.3 is 0 Å². The topological polar surface area (TPSA) is 32.3 Å². The minimum absolute atomic E-state index is 0.211. The number of unbranched alkanes of at least 4 members (excludes halogenated alkanes) is 13. The van der Waals surface area contributed by atoms with Crippen molar-refractivity contribution in [1.82, 2.24) is 5.32 Å². The first kappa shape index (κ1) is 20.5. The summed E-state index contributed by atoms with van der Waals surface area (Å²) in [7, 11) is 0. The summed E-state index contributed by atoms with van der Waals surface area (Å²) in [5.74, 6) is 0. The fraction of sp³-hybridized carbons (Fsp3) is 0.895. The van der Waals surface area contributed by atoms with Gasteiger partial charge in [0.1, 0.15) is 0 Å². The average molecular weight is 298 g/mol. The number of aliphatic hydroxyl groups excluding tert-OH is 1. The average Bonchev–Trinajstić information content (AvgIpc) is 2.50. The molecule has 0 fully saturated rings. The van der Waals surface area contributed by atoms with Crippen molar-refractivity contribution >= 4 is 0 Å². The Labute approximate surface area is 133 Å². The monoisotopic (exact) mass is 297 g/mol.